The largest absolute Gasteiger partial charge is 0.300 e. The monoisotopic (exact) mass is 256 g/mol. The third-order valence-corrected chi connectivity index (χ3v) is 4.60. The Morgan fingerprint density at radius 3 is 3.12 bits per heavy atom. The molecule has 4 heteroatoms. The number of nitrogens with zero attached hydrogens (tertiary/aromatic N) is 2. The Hall–Kier alpha value is -0.0600. The summed E-state index contributed by atoms with van der Waals surface area (Å²) in [6.07, 6.45) is 5.23. The van der Waals surface area contributed by atoms with Gasteiger partial charge in [0.25, 0.3) is 0 Å². The fraction of sp³-hybridized carbons (Fsp3) is 0.750. The molecule has 1 atom stereocenters. The summed E-state index contributed by atoms with van der Waals surface area (Å²) in [5.74, 6) is 0.761. The van der Waals surface area contributed by atoms with Gasteiger partial charge in [0.2, 0.25) is 0 Å². The van der Waals surface area contributed by atoms with Crippen molar-refractivity contribution < 1.29 is 0 Å². The first-order valence-electron chi connectivity index (χ1n) is 6.08. The fourth-order valence-electron chi connectivity index (χ4n) is 2.27. The Balaban J connectivity index is 1.81. The molecule has 0 amide bonds. The lowest BCUT2D eigenvalue weighted by Crippen LogP contribution is -2.38. The average molecular weight is 256 g/mol. The lowest BCUT2D eigenvalue weighted by Gasteiger charge is -2.32. The highest BCUT2D eigenvalue weighted by molar-refractivity contribution is 7.79. The smallest absolute Gasteiger partial charge is 0.0941 e. The van der Waals surface area contributed by atoms with Crippen molar-refractivity contribution in [1.82, 2.24) is 9.88 Å². The molecule has 90 valence electrons. The molecular weight excluding hydrogens is 236 g/mol. The first kappa shape index (κ1) is 12.4. The number of piperidine rings is 1. The van der Waals surface area contributed by atoms with E-state index < -0.39 is 0 Å². The van der Waals surface area contributed by atoms with E-state index in [9.17, 15) is 0 Å². The standard InChI is InChI=1S/C12H20N2S2/c1-10-4-2-3-6-14(10)7-5-12-13-11(8-15)9-16-12/h9-10,15H,2-8H2,1H3. The quantitative estimate of drug-likeness (QED) is 0.834. The summed E-state index contributed by atoms with van der Waals surface area (Å²) in [5, 5.41) is 3.39. The number of thiol groups is 1. The van der Waals surface area contributed by atoms with Crippen LogP contribution >= 0.6 is 24.0 Å². The lowest BCUT2D eigenvalue weighted by atomic mass is 10.0. The van der Waals surface area contributed by atoms with Crippen molar-refractivity contribution in [2.24, 2.45) is 0 Å². The minimum absolute atomic E-state index is 0.761. The number of aromatic nitrogens is 1. The molecule has 0 N–H and O–H groups in total. The summed E-state index contributed by atoms with van der Waals surface area (Å²) in [6.45, 7) is 4.78. The van der Waals surface area contributed by atoms with Gasteiger partial charge in [-0.25, -0.2) is 4.98 Å². The highest BCUT2D eigenvalue weighted by Gasteiger charge is 2.17. The van der Waals surface area contributed by atoms with Crippen molar-refractivity contribution in [2.45, 2.75) is 44.4 Å². The second kappa shape index (κ2) is 6.03. The number of rotatable bonds is 4. The summed E-state index contributed by atoms with van der Waals surface area (Å²) in [7, 11) is 0. The molecule has 2 heterocycles. The molecule has 0 aliphatic carbocycles. The van der Waals surface area contributed by atoms with E-state index in [4.69, 9.17) is 0 Å². The van der Waals surface area contributed by atoms with Gasteiger partial charge in [-0.3, -0.25) is 0 Å². The molecule has 2 rings (SSSR count). The van der Waals surface area contributed by atoms with Crippen LogP contribution in [-0.4, -0.2) is 29.0 Å². The minimum Gasteiger partial charge on any atom is -0.300 e. The van der Waals surface area contributed by atoms with Crippen LogP contribution in [0.1, 0.15) is 36.9 Å². The zero-order valence-electron chi connectivity index (χ0n) is 9.85. The van der Waals surface area contributed by atoms with Crippen LogP contribution < -0.4 is 0 Å². The Labute approximate surface area is 107 Å². The van der Waals surface area contributed by atoms with Crippen molar-refractivity contribution in [3.8, 4) is 0 Å². The summed E-state index contributed by atoms with van der Waals surface area (Å²) in [4.78, 5) is 7.16. The molecule has 0 radical (unpaired) electrons. The molecule has 1 aliphatic heterocycles. The summed E-state index contributed by atoms with van der Waals surface area (Å²) < 4.78 is 0. The molecule has 1 unspecified atom stereocenters. The van der Waals surface area contributed by atoms with Gasteiger partial charge in [-0.15, -0.1) is 11.3 Å². The van der Waals surface area contributed by atoms with Gasteiger partial charge in [-0.2, -0.15) is 12.6 Å². The maximum Gasteiger partial charge on any atom is 0.0941 e. The second-order valence-electron chi connectivity index (χ2n) is 4.52. The molecule has 1 saturated heterocycles. The molecule has 2 nitrogen and oxygen atoms in total. The third kappa shape index (κ3) is 3.22. The van der Waals surface area contributed by atoms with Gasteiger partial charge in [0.05, 0.1) is 10.7 Å². The van der Waals surface area contributed by atoms with Crippen LogP contribution in [0.5, 0.6) is 0 Å². The molecule has 1 aromatic heterocycles. The van der Waals surface area contributed by atoms with Crippen molar-refractivity contribution in [2.75, 3.05) is 13.1 Å². The maximum absolute atomic E-state index is 4.55. The topological polar surface area (TPSA) is 16.1 Å². The maximum atomic E-state index is 4.55. The van der Waals surface area contributed by atoms with Gasteiger partial charge in [0, 0.05) is 30.1 Å². The van der Waals surface area contributed by atoms with Crippen molar-refractivity contribution in [1.29, 1.82) is 0 Å². The van der Waals surface area contributed by atoms with E-state index in [-0.39, 0.29) is 0 Å². The van der Waals surface area contributed by atoms with Gasteiger partial charge in [0.15, 0.2) is 0 Å². The van der Waals surface area contributed by atoms with Crippen molar-refractivity contribution >= 4 is 24.0 Å². The third-order valence-electron chi connectivity index (χ3n) is 3.31. The van der Waals surface area contributed by atoms with Crippen LogP contribution in [0, 0.1) is 0 Å². The van der Waals surface area contributed by atoms with Crippen LogP contribution in [0.2, 0.25) is 0 Å². The normalized spacial score (nSPS) is 22.5. The van der Waals surface area contributed by atoms with Crippen LogP contribution in [-0.2, 0) is 12.2 Å². The van der Waals surface area contributed by atoms with Crippen LogP contribution in [0.15, 0.2) is 5.38 Å². The van der Waals surface area contributed by atoms with E-state index >= 15 is 0 Å². The molecule has 1 fully saturated rings. The number of likely N-dealkylation sites (tertiary alicyclic amines) is 1. The van der Waals surface area contributed by atoms with E-state index in [1.807, 2.05) is 0 Å². The molecule has 1 aliphatic rings. The Kier molecular flexibility index (Phi) is 4.67. The Bertz CT molecular complexity index is 325. The molecule has 0 aromatic carbocycles. The van der Waals surface area contributed by atoms with Crippen molar-refractivity contribution in [3.05, 3.63) is 16.1 Å². The average Bonchev–Trinajstić information content (AvgIpc) is 2.76. The second-order valence-corrected chi connectivity index (χ2v) is 5.78. The van der Waals surface area contributed by atoms with Crippen LogP contribution in [0.4, 0.5) is 0 Å². The highest BCUT2D eigenvalue weighted by Crippen LogP contribution is 2.18. The molecule has 16 heavy (non-hydrogen) atoms. The van der Waals surface area contributed by atoms with E-state index in [2.05, 4.69) is 34.8 Å². The zero-order valence-corrected chi connectivity index (χ0v) is 11.6. The van der Waals surface area contributed by atoms with E-state index in [0.29, 0.717) is 0 Å². The number of hydrogen-bond donors (Lipinski definition) is 1. The van der Waals surface area contributed by atoms with Crippen molar-refractivity contribution in [3.63, 3.8) is 0 Å². The fourth-order valence-corrected chi connectivity index (χ4v) is 3.34. The molecule has 0 bridgehead atoms. The Morgan fingerprint density at radius 2 is 2.44 bits per heavy atom. The van der Waals surface area contributed by atoms with E-state index in [1.54, 1.807) is 11.3 Å². The zero-order chi connectivity index (χ0) is 11.4. The first-order valence-corrected chi connectivity index (χ1v) is 7.59. The van der Waals surface area contributed by atoms with E-state index in [1.165, 1.54) is 37.4 Å². The highest BCUT2D eigenvalue weighted by atomic mass is 32.1. The molecule has 0 spiro atoms. The predicted octanol–water partition coefficient (Wildman–Crippen LogP) is 2.99. The predicted molar refractivity (Wildman–Crippen MR) is 73.4 cm³/mol. The van der Waals surface area contributed by atoms with E-state index in [0.717, 1.165) is 23.9 Å². The molecule has 1 aromatic rings. The summed E-state index contributed by atoms with van der Waals surface area (Å²) in [5.41, 5.74) is 1.12. The molecular formula is C12H20N2S2. The SMILES string of the molecule is CC1CCCCN1CCc1nc(CS)cs1. The summed E-state index contributed by atoms with van der Waals surface area (Å²) in [6, 6.07) is 0.762. The minimum atomic E-state index is 0.761. The number of thiazole rings is 1. The van der Waals surface area contributed by atoms with Gasteiger partial charge in [0.1, 0.15) is 0 Å². The lowest BCUT2D eigenvalue weighted by molar-refractivity contribution is 0.163. The van der Waals surface area contributed by atoms with Gasteiger partial charge < -0.3 is 4.90 Å². The van der Waals surface area contributed by atoms with Gasteiger partial charge in [-0.05, 0) is 26.3 Å². The van der Waals surface area contributed by atoms with Gasteiger partial charge in [-0.1, -0.05) is 6.42 Å². The van der Waals surface area contributed by atoms with Gasteiger partial charge >= 0.3 is 0 Å². The van der Waals surface area contributed by atoms with Crippen LogP contribution in [0.3, 0.4) is 0 Å². The number of hydrogen-bond acceptors (Lipinski definition) is 4. The van der Waals surface area contributed by atoms with Crippen LogP contribution in [0.25, 0.3) is 0 Å². The summed E-state index contributed by atoms with van der Waals surface area (Å²) >= 11 is 6.02. The Morgan fingerprint density at radius 1 is 1.56 bits per heavy atom. The first-order chi connectivity index (χ1) is 7.79. The molecule has 0 saturated carbocycles.